The van der Waals surface area contributed by atoms with Crippen LogP contribution in [0.5, 0.6) is 0 Å². The third-order valence-corrected chi connectivity index (χ3v) is 4.82. The zero-order chi connectivity index (χ0) is 16.6. The molecule has 0 saturated carbocycles. The smallest absolute Gasteiger partial charge is 0.266 e. The van der Waals surface area contributed by atoms with Crippen LogP contribution in [0.1, 0.15) is 5.69 Å². The summed E-state index contributed by atoms with van der Waals surface area (Å²) < 4.78 is 0.185. The van der Waals surface area contributed by atoms with E-state index < -0.39 is 18.4 Å². The number of benzene rings is 1. The number of para-hydroxylation sites is 1. The number of pyridine rings is 1. The van der Waals surface area contributed by atoms with Crippen molar-refractivity contribution in [2.24, 2.45) is 0 Å². The highest BCUT2D eigenvalue weighted by Crippen LogP contribution is 2.32. The van der Waals surface area contributed by atoms with E-state index in [9.17, 15) is 14.7 Å². The monoisotopic (exact) mass is 363 g/mol. The van der Waals surface area contributed by atoms with Gasteiger partial charge in [0.1, 0.15) is 4.32 Å². The number of carbonyl (C=O) groups is 2. The highest BCUT2D eigenvalue weighted by Gasteiger charge is 2.31. The third-order valence-electron chi connectivity index (χ3n) is 3.13. The molecule has 0 bridgehead atoms. The highest BCUT2D eigenvalue weighted by molar-refractivity contribution is 8.26. The van der Waals surface area contributed by atoms with Crippen molar-refractivity contribution >= 4 is 68.8 Å². The van der Waals surface area contributed by atoms with Crippen LogP contribution in [0.25, 0.3) is 17.0 Å². The number of carboxylic acid groups (broad SMARTS) is 1. The molecule has 1 aromatic heterocycles. The largest absolute Gasteiger partial charge is 0.548 e. The van der Waals surface area contributed by atoms with E-state index >= 15 is 0 Å². The fraction of sp³-hybridized carbons (Fsp3) is 0.0667. The van der Waals surface area contributed by atoms with Gasteiger partial charge < -0.3 is 9.90 Å². The Hall–Kier alpha value is -1.96. The lowest BCUT2D eigenvalue weighted by Crippen LogP contribution is -2.40. The molecular weight excluding hydrogens is 356 g/mol. The molecule has 1 aromatic carbocycles. The van der Waals surface area contributed by atoms with Crippen LogP contribution >= 0.6 is 35.6 Å². The maximum absolute atomic E-state index is 12.2. The Morgan fingerprint density at radius 1 is 1.39 bits per heavy atom. The van der Waals surface area contributed by atoms with Crippen molar-refractivity contribution in [3.63, 3.8) is 0 Å². The quantitative estimate of drug-likeness (QED) is 0.612. The fourth-order valence-corrected chi connectivity index (χ4v) is 3.57. The summed E-state index contributed by atoms with van der Waals surface area (Å²) in [5.41, 5.74) is 1.17. The van der Waals surface area contributed by atoms with E-state index in [1.54, 1.807) is 18.2 Å². The number of halogens is 1. The van der Waals surface area contributed by atoms with Gasteiger partial charge in [-0.3, -0.25) is 9.69 Å². The van der Waals surface area contributed by atoms with E-state index in [1.165, 1.54) is 0 Å². The predicted octanol–water partition coefficient (Wildman–Crippen LogP) is 1.84. The van der Waals surface area contributed by atoms with Gasteiger partial charge in [0.15, 0.2) is 0 Å². The number of aromatic nitrogens is 1. The zero-order valence-electron chi connectivity index (χ0n) is 11.5. The van der Waals surface area contributed by atoms with E-state index in [0.29, 0.717) is 21.1 Å². The van der Waals surface area contributed by atoms with Gasteiger partial charge in [-0.25, -0.2) is 4.98 Å². The first-order valence-electron chi connectivity index (χ1n) is 6.46. The first kappa shape index (κ1) is 15.9. The number of amides is 1. The van der Waals surface area contributed by atoms with E-state index in [-0.39, 0.29) is 4.32 Å². The first-order valence-corrected chi connectivity index (χ1v) is 8.06. The molecule has 1 fully saturated rings. The first-order chi connectivity index (χ1) is 11.0. The van der Waals surface area contributed by atoms with Crippen molar-refractivity contribution in [3.8, 4) is 0 Å². The van der Waals surface area contributed by atoms with Gasteiger partial charge in [0.2, 0.25) is 0 Å². The van der Waals surface area contributed by atoms with Crippen molar-refractivity contribution < 1.29 is 14.7 Å². The highest BCUT2D eigenvalue weighted by atomic mass is 35.5. The molecule has 2 heterocycles. The number of aliphatic carboxylic acids is 1. The maximum atomic E-state index is 12.2. The lowest BCUT2D eigenvalue weighted by molar-refractivity contribution is -0.305. The number of thioether (sulfide) groups is 1. The number of nitrogens with zero attached hydrogens (tertiary/aromatic N) is 2. The van der Waals surface area contributed by atoms with Crippen LogP contribution in [0.2, 0.25) is 5.02 Å². The second kappa shape index (κ2) is 6.27. The van der Waals surface area contributed by atoms with Gasteiger partial charge in [-0.1, -0.05) is 53.8 Å². The Balaban J connectivity index is 1.96. The predicted molar refractivity (Wildman–Crippen MR) is 91.6 cm³/mol. The number of hydrogen-bond donors (Lipinski definition) is 0. The van der Waals surface area contributed by atoms with Crippen molar-refractivity contribution in [1.82, 2.24) is 9.88 Å². The topological polar surface area (TPSA) is 73.3 Å². The second-order valence-corrected chi connectivity index (χ2v) is 6.77. The zero-order valence-corrected chi connectivity index (χ0v) is 13.9. The van der Waals surface area contributed by atoms with Crippen molar-refractivity contribution in [1.29, 1.82) is 0 Å². The summed E-state index contributed by atoms with van der Waals surface area (Å²) in [6.45, 7) is -0.557. The molecule has 0 aliphatic carbocycles. The molecule has 2 aromatic rings. The Morgan fingerprint density at radius 2 is 2.17 bits per heavy atom. The van der Waals surface area contributed by atoms with Crippen LogP contribution in [0.4, 0.5) is 0 Å². The van der Waals surface area contributed by atoms with Crippen LogP contribution in [0.3, 0.4) is 0 Å². The molecule has 1 saturated heterocycles. The number of carbonyl (C=O) groups excluding carboxylic acids is 2. The van der Waals surface area contributed by atoms with Gasteiger partial charge in [-0.2, -0.15) is 0 Å². The molecule has 23 heavy (non-hydrogen) atoms. The molecule has 8 heteroatoms. The number of rotatable bonds is 3. The summed E-state index contributed by atoms with van der Waals surface area (Å²) in [6, 6.07) is 9.06. The number of fused-ring (bicyclic) bond motifs is 1. The van der Waals surface area contributed by atoms with Gasteiger partial charge in [-0.15, -0.1) is 0 Å². The molecule has 1 amide bonds. The summed E-state index contributed by atoms with van der Waals surface area (Å²) in [7, 11) is 0. The Bertz CT molecular complexity index is 882. The molecule has 0 unspecified atom stereocenters. The van der Waals surface area contributed by atoms with E-state index in [1.807, 2.05) is 18.2 Å². The minimum atomic E-state index is -1.36. The molecule has 0 atom stereocenters. The van der Waals surface area contributed by atoms with Gasteiger partial charge in [0, 0.05) is 5.39 Å². The van der Waals surface area contributed by atoms with Gasteiger partial charge in [-0.05, 0) is 18.2 Å². The molecule has 1 aliphatic rings. The average Bonchev–Trinajstić information content (AvgIpc) is 2.75. The van der Waals surface area contributed by atoms with Crippen LogP contribution in [-0.4, -0.2) is 32.6 Å². The number of thiocarbonyl (C=S) groups is 1. The molecule has 1 aliphatic heterocycles. The van der Waals surface area contributed by atoms with Crippen LogP contribution in [0.15, 0.2) is 35.2 Å². The van der Waals surface area contributed by atoms with Crippen molar-refractivity contribution in [2.45, 2.75) is 0 Å². The van der Waals surface area contributed by atoms with E-state index in [2.05, 4.69) is 4.98 Å². The summed E-state index contributed by atoms with van der Waals surface area (Å²) in [6.07, 6.45) is 1.57. The van der Waals surface area contributed by atoms with Crippen LogP contribution in [0, 0.1) is 0 Å². The average molecular weight is 364 g/mol. The molecule has 0 N–H and O–H groups in total. The van der Waals surface area contributed by atoms with Gasteiger partial charge in [0.05, 0.1) is 33.7 Å². The Morgan fingerprint density at radius 3 is 2.91 bits per heavy atom. The molecule has 116 valence electrons. The standard InChI is InChI=1S/C15H9ClN2O3S2/c16-10-3-1-2-8-4-5-9(17-13(8)10)6-11-14(21)18(7-12(19)20)15(22)23-11/h1-6H,7H2,(H,19,20)/p-1/b11-6-. The summed E-state index contributed by atoms with van der Waals surface area (Å²) in [5.74, 6) is -1.83. The molecule has 5 nitrogen and oxygen atoms in total. The summed E-state index contributed by atoms with van der Waals surface area (Å²) >= 11 is 12.2. The third kappa shape index (κ3) is 3.21. The molecule has 3 rings (SSSR count). The van der Waals surface area contributed by atoms with E-state index in [0.717, 1.165) is 22.0 Å². The molecule has 0 radical (unpaired) electrons. The minimum absolute atomic E-state index is 0.185. The maximum Gasteiger partial charge on any atom is 0.266 e. The SMILES string of the molecule is O=C([O-])CN1C(=O)/C(=C/c2ccc3cccc(Cl)c3n2)SC1=S. The Labute approximate surface area is 145 Å². The van der Waals surface area contributed by atoms with Crippen LogP contribution < -0.4 is 5.11 Å². The second-order valence-electron chi connectivity index (χ2n) is 4.69. The molecule has 0 spiro atoms. The fourth-order valence-electron chi connectivity index (χ4n) is 2.11. The summed E-state index contributed by atoms with van der Waals surface area (Å²) in [5, 5.41) is 12.1. The van der Waals surface area contributed by atoms with Crippen molar-refractivity contribution in [3.05, 3.63) is 46.0 Å². The van der Waals surface area contributed by atoms with E-state index in [4.69, 9.17) is 23.8 Å². The van der Waals surface area contributed by atoms with Gasteiger partial charge in [0.25, 0.3) is 5.91 Å². The Kier molecular flexibility index (Phi) is 4.34. The normalized spacial score (nSPS) is 16.6. The minimum Gasteiger partial charge on any atom is -0.548 e. The number of carboxylic acids is 1. The van der Waals surface area contributed by atoms with Crippen molar-refractivity contribution in [2.75, 3.05) is 6.54 Å². The lowest BCUT2D eigenvalue weighted by Gasteiger charge is -2.14. The lowest BCUT2D eigenvalue weighted by atomic mass is 10.2. The molecular formula is C15H8ClN2O3S2-. The summed E-state index contributed by atoms with van der Waals surface area (Å²) in [4.78, 5) is 28.6. The number of hydrogen-bond acceptors (Lipinski definition) is 6. The van der Waals surface area contributed by atoms with Gasteiger partial charge >= 0.3 is 0 Å². The van der Waals surface area contributed by atoms with Crippen LogP contribution in [-0.2, 0) is 9.59 Å².